The largest absolute Gasteiger partial charge is 0.492 e. The first-order chi connectivity index (χ1) is 17.0. The molecule has 2 aliphatic rings. The van der Waals surface area contributed by atoms with Crippen LogP contribution >= 0.6 is 0 Å². The molecular weight excluding hydrogens is 445 g/mol. The molecule has 0 radical (unpaired) electrons. The first-order valence-electron chi connectivity index (χ1n) is 12.5. The topological polar surface area (TPSA) is 54.9 Å². The number of carbonyl (C=O) groups is 1. The van der Waals surface area contributed by atoms with E-state index >= 15 is 4.39 Å². The van der Waals surface area contributed by atoms with E-state index in [2.05, 4.69) is 16.0 Å². The third-order valence-electron chi connectivity index (χ3n) is 7.11. The Labute approximate surface area is 205 Å². The van der Waals surface area contributed by atoms with Crippen molar-refractivity contribution < 1.29 is 18.7 Å². The third kappa shape index (κ3) is 4.96. The van der Waals surface area contributed by atoms with Crippen molar-refractivity contribution in [2.24, 2.45) is 5.92 Å². The number of likely N-dealkylation sites (N-methyl/N-ethyl adjacent to an activating group) is 1. The van der Waals surface area contributed by atoms with Crippen molar-refractivity contribution >= 4 is 22.5 Å². The van der Waals surface area contributed by atoms with Gasteiger partial charge in [0.1, 0.15) is 23.8 Å². The lowest BCUT2D eigenvalue weighted by molar-refractivity contribution is -0.121. The van der Waals surface area contributed by atoms with Crippen LogP contribution in [0.4, 0.5) is 10.1 Å². The number of aryl methyl sites for hydroxylation is 1. The molecule has 0 spiro atoms. The highest BCUT2D eigenvalue weighted by Gasteiger charge is 2.30. The number of piperidine rings is 1. The number of ether oxygens (including phenoxy) is 2. The van der Waals surface area contributed by atoms with Gasteiger partial charge in [0.15, 0.2) is 12.4 Å². The van der Waals surface area contributed by atoms with E-state index < -0.39 is 0 Å². The summed E-state index contributed by atoms with van der Waals surface area (Å²) < 4.78 is 26.9. The van der Waals surface area contributed by atoms with Crippen molar-refractivity contribution in [1.29, 1.82) is 0 Å². The molecule has 0 bridgehead atoms. The Hall–Kier alpha value is -3.19. The summed E-state index contributed by atoms with van der Waals surface area (Å²) in [6, 6.07) is 13.7. The molecule has 35 heavy (non-hydrogen) atoms. The van der Waals surface area contributed by atoms with E-state index in [-0.39, 0.29) is 18.3 Å². The number of halogens is 1. The molecule has 1 fully saturated rings. The van der Waals surface area contributed by atoms with Gasteiger partial charge in [-0.15, -0.1) is 0 Å². The minimum absolute atomic E-state index is 0.0289. The van der Waals surface area contributed by atoms with E-state index in [1.54, 1.807) is 6.07 Å². The highest BCUT2D eigenvalue weighted by molar-refractivity contribution is 5.98. The number of carbonyl (C=O) groups excluding carboxylic acids is 1. The Bertz CT molecular complexity index is 1220. The van der Waals surface area contributed by atoms with E-state index in [9.17, 15) is 4.79 Å². The van der Waals surface area contributed by atoms with Crippen LogP contribution in [0, 0.1) is 18.7 Å². The molecule has 5 rings (SSSR count). The molecule has 7 heteroatoms. The molecule has 0 unspecified atom stereocenters. The lowest BCUT2D eigenvalue weighted by Gasteiger charge is -2.33. The molecule has 0 N–H and O–H groups in total. The van der Waals surface area contributed by atoms with Crippen LogP contribution in [0.2, 0.25) is 0 Å². The van der Waals surface area contributed by atoms with Gasteiger partial charge in [0.05, 0.1) is 5.52 Å². The van der Waals surface area contributed by atoms with E-state index in [1.165, 1.54) is 4.90 Å². The second kappa shape index (κ2) is 10.2. The van der Waals surface area contributed by atoms with E-state index in [1.807, 2.05) is 44.2 Å². The van der Waals surface area contributed by atoms with Crippen molar-refractivity contribution in [2.45, 2.75) is 33.1 Å². The number of hydrogen-bond donors (Lipinski definition) is 0. The zero-order valence-electron chi connectivity index (χ0n) is 20.4. The molecule has 1 aromatic heterocycles. The molecular formula is C28H32FN3O3. The summed E-state index contributed by atoms with van der Waals surface area (Å²) in [5.74, 6) is 1.24. The van der Waals surface area contributed by atoms with Crippen LogP contribution in [-0.2, 0) is 11.2 Å². The molecule has 1 amide bonds. The van der Waals surface area contributed by atoms with E-state index in [4.69, 9.17) is 9.47 Å². The predicted molar refractivity (Wildman–Crippen MR) is 135 cm³/mol. The van der Waals surface area contributed by atoms with Crippen LogP contribution < -0.4 is 14.4 Å². The maximum atomic E-state index is 15.4. The summed E-state index contributed by atoms with van der Waals surface area (Å²) in [4.78, 5) is 20.6. The molecule has 1 saturated heterocycles. The van der Waals surface area contributed by atoms with Crippen molar-refractivity contribution in [1.82, 2.24) is 9.88 Å². The number of aromatic nitrogens is 1. The second-order valence-electron chi connectivity index (χ2n) is 9.43. The zero-order valence-corrected chi connectivity index (χ0v) is 20.4. The zero-order chi connectivity index (χ0) is 24.4. The summed E-state index contributed by atoms with van der Waals surface area (Å²) in [5.41, 5.74) is 2.92. The third-order valence-corrected chi connectivity index (χ3v) is 7.11. The number of amides is 1. The normalized spacial score (nSPS) is 16.9. The summed E-state index contributed by atoms with van der Waals surface area (Å²) >= 11 is 0. The summed E-state index contributed by atoms with van der Waals surface area (Å²) in [7, 11) is 0. The standard InChI is InChI=1S/C28H32FN3O3/c1-3-32-26(33)18-35-25-10-8-21(27(29)28(25)32)17-20-11-13-31(14-12-20)15-16-34-24-6-4-5-23-22(24)9-7-19(2)30-23/h4-10,20H,3,11-18H2,1-2H3. The van der Waals surface area contributed by atoms with Gasteiger partial charge in [0, 0.05) is 24.2 Å². The van der Waals surface area contributed by atoms with Crippen LogP contribution in [0.3, 0.4) is 0 Å². The fraction of sp³-hybridized carbons (Fsp3) is 0.429. The molecule has 2 aromatic carbocycles. The van der Waals surface area contributed by atoms with Crippen molar-refractivity contribution in [2.75, 3.05) is 44.3 Å². The van der Waals surface area contributed by atoms with Gasteiger partial charge in [-0.3, -0.25) is 14.7 Å². The number of anilines is 1. The van der Waals surface area contributed by atoms with Gasteiger partial charge >= 0.3 is 0 Å². The van der Waals surface area contributed by atoms with Crippen molar-refractivity contribution in [3.63, 3.8) is 0 Å². The van der Waals surface area contributed by atoms with Gasteiger partial charge in [-0.2, -0.15) is 0 Å². The molecule has 2 aliphatic heterocycles. The van der Waals surface area contributed by atoms with E-state index in [0.717, 1.165) is 54.8 Å². The first kappa shape index (κ1) is 23.5. The fourth-order valence-electron chi connectivity index (χ4n) is 5.16. The van der Waals surface area contributed by atoms with Gasteiger partial charge < -0.3 is 14.4 Å². The molecule has 3 heterocycles. The van der Waals surface area contributed by atoms with Gasteiger partial charge in [0.2, 0.25) is 0 Å². The first-order valence-corrected chi connectivity index (χ1v) is 12.5. The van der Waals surface area contributed by atoms with Crippen molar-refractivity contribution in [3.8, 4) is 11.5 Å². The lowest BCUT2D eigenvalue weighted by atomic mass is 9.89. The molecule has 0 aliphatic carbocycles. The van der Waals surface area contributed by atoms with Crippen LogP contribution in [0.25, 0.3) is 10.9 Å². The van der Waals surface area contributed by atoms with E-state index in [0.29, 0.717) is 42.5 Å². The second-order valence-corrected chi connectivity index (χ2v) is 9.43. The predicted octanol–water partition coefficient (Wildman–Crippen LogP) is 4.76. The number of benzene rings is 2. The molecule has 3 aromatic rings. The van der Waals surface area contributed by atoms with Crippen LogP contribution in [0.15, 0.2) is 42.5 Å². The Morgan fingerprint density at radius 3 is 2.77 bits per heavy atom. The minimum Gasteiger partial charge on any atom is -0.492 e. The van der Waals surface area contributed by atoms with Crippen LogP contribution in [-0.4, -0.2) is 55.2 Å². The Kier molecular flexibility index (Phi) is 6.86. The number of likely N-dealkylation sites (tertiary alicyclic amines) is 1. The average molecular weight is 478 g/mol. The number of nitrogens with zero attached hydrogens (tertiary/aromatic N) is 3. The summed E-state index contributed by atoms with van der Waals surface area (Å²) in [6.07, 6.45) is 2.71. The molecule has 184 valence electrons. The summed E-state index contributed by atoms with van der Waals surface area (Å²) in [5, 5.41) is 1.04. The smallest absolute Gasteiger partial charge is 0.265 e. The summed E-state index contributed by atoms with van der Waals surface area (Å²) in [6.45, 7) is 7.68. The average Bonchev–Trinajstić information content (AvgIpc) is 2.87. The minimum atomic E-state index is -0.312. The Morgan fingerprint density at radius 1 is 1.14 bits per heavy atom. The Morgan fingerprint density at radius 2 is 1.97 bits per heavy atom. The number of hydrogen-bond acceptors (Lipinski definition) is 5. The number of rotatable bonds is 7. The van der Waals surface area contributed by atoms with Gasteiger partial charge in [0.25, 0.3) is 5.91 Å². The van der Waals surface area contributed by atoms with Gasteiger partial charge in [-0.05, 0) is 88.0 Å². The highest BCUT2D eigenvalue weighted by Crippen LogP contribution is 2.37. The Balaban J connectivity index is 1.14. The number of pyridine rings is 1. The molecule has 6 nitrogen and oxygen atoms in total. The fourth-order valence-corrected chi connectivity index (χ4v) is 5.16. The van der Waals surface area contributed by atoms with Crippen LogP contribution in [0.5, 0.6) is 11.5 Å². The maximum Gasteiger partial charge on any atom is 0.265 e. The monoisotopic (exact) mass is 477 g/mol. The quantitative estimate of drug-likeness (QED) is 0.491. The van der Waals surface area contributed by atoms with Crippen molar-refractivity contribution in [3.05, 3.63) is 59.5 Å². The highest BCUT2D eigenvalue weighted by atomic mass is 19.1. The van der Waals surface area contributed by atoms with Crippen LogP contribution in [0.1, 0.15) is 31.0 Å². The number of fused-ring (bicyclic) bond motifs is 2. The lowest BCUT2D eigenvalue weighted by Crippen LogP contribution is -2.39. The SMILES string of the molecule is CCN1C(=O)COc2ccc(CC3CCN(CCOc4cccc5nc(C)ccc45)CC3)c(F)c21. The molecule has 0 saturated carbocycles. The molecule has 0 atom stereocenters. The van der Waals surface area contributed by atoms with Gasteiger partial charge in [-0.1, -0.05) is 12.1 Å². The van der Waals surface area contributed by atoms with Gasteiger partial charge in [-0.25, -0.2) is 4.39 Å². The maximum absolute atomic E-state index is 15.4.